The molecule has 0 fully saturated rings. The molecular formula is C21H19N5OS. The predicted molar refractivity (Wildman–Crippen MR) is 110 cm³/mol. The molecule has 1 amide bonds. The highest BCUT2D eigenvalue weighted by atomic mass is 32.1. The minimum Gasteiger partial charge on any atom is -0.364 e. The van der Waals surface area contributed by atoms with Crippen LogP contribution in [0.5, 0.6) is 0 Å². The molecule has 0 atom stereocenters. The number of rotatable bonds is 4. The lowest BCUT2D eigenvalue weighted by molar-refractivity contribution is 0.102. The smallest absolute Gasteiger partial charge is 0.257 e. The van der Waals surface area contributed by atoms with E-state index in [1.165, 1.54) is 4.88 Å². The molecule has 3 aromatic heterocycles. The van der Waals surface area contributed by atoms with Crippen molar-refractivity contribution in [2.75, 3.05) is 5.32 Å². The van der Waals surface area contributed by atoms with Gasteiger partial charge in [0.15, 0.2) is 0 Å². The van der Waals surface area contributed by atoms with Crippen LogP contribution >= 0.6 is 11.3 Å². The summed E-state index contributed by atoms with van der Waals surface area (Å²) >= 11 is 1.72. The first-order chi connectivity index (χ1) is 13.7. The Morgan fingerprint density at radius 3 is 2.93 bits per heavy atom. The second kappa shape index (κ2) is 6.76. The Hall–Kier alpha value is -3.19. The van der Waals surface area contributed by atoms with Crippen molar-refractivity contribution in [1.29, 1.82) is 0 Å². The lowest BCUT2D eigenvalue weighted by Crippen LogP contribution is -2.13. The molecule has 0 radical (unpaired) electrons. The van der Waals surface area contributed by atoms with Crippen molar-refractivity contribution in [3.63, 3.8) is 0 Å². The Balaban J connectivity index is 1.36. The third-order valence-corrected chi connectivity index (χ3v) is 6.02. The molecule has 5 rings (SSSR count). The highest BCUT2D eigenvalue weighted by molar-refractivity contribution is 7.12. The van der Waals surface area contributed by atoms with Crippen molar-refractivity contribution in [1.82, 2.24) is 19.5 Å². The summed E-state index contributed by atoms with van der Waals surface area (Å²) in [4.78, 5) is 26.2. The van der Waals surface area contributed by atoms with Crippen LogP contribution in [-0.2, 0) is 19.4 Å². The van der Waals surface area contributed by atoms with E-state index in [0.29, 0.717) is 5.56 Å². The Bertz CT molecular complexity index is 1140. The van der Waals surface area contributed by atoms with Gasteiger partial charge in [0.2, 0.25) is 0 Å². The van der Waals surface area contributed by atoms with Gasteiger partial charge < -0.3 is 14.9 Å². The maximum atomic E-state index is 12.9. The minimum absolute atomic E-state index is 0.113. The number of nitrogens with zero attached hydrogens (tertiary/aromatic N) is 3. The van der Waals surface area contributed by atoms with Crippen LogP contribution in [0, 0.1) is 6.92 Å². The number of imidazole rings is 1. The van der Waals surface area contributed by atoms with Crippen LogP contribution in [0.4, 0.5) is 5.69 Å². The number of amides is 1. The summed E-state index contributed by atoms with van der Waals surface area (Å²) in [6, 6.07) is 7.90. The zero-order chi connectivity index (χ0) is 19.1. The van der Waals surface area contributed by atoms with E-state index < -0.39 is 0 Å². The highest BCUT2D eigenvalue weighted by Crippen LogP contribution is 2.38. The molecule has 0 aliphatic heterocycles. The molecule has 0 saturated heterocycles. The van der Waals surface area contributed by atoms with Crippen molar-refractivity contribution in [2.24, 2.45) is 0 Å². The fraction of sp³-hybridized carbons (Fsp3) is 0.190. The fourth-order valence-corrected chi connectivity index (χ4v) is 4.61. The van der Waals surface area contributed by atoms with Crippen LogP contribution in [0.1, 0.15) is 31.5 Å². The number of benzene rings is 1. The Kier molecular flexibility index (Phi) is 4.09. The molecule has 6 nitrogen and oxygen atoms in total. The number of aryl methyl sites for hydroxylation is 3. The standard InChI is InChI=1S/C21H19N5OS/c1-13-24-20-18(28-13)7-6-17-19(20)16(10-23-17)21(27)25-15-4-2-14(3-5-15)11-26-9-8-22-12-26/h2-5,8-10,12,23H,6-7,11H2,1H3,(H,25,27). The minimum atomic E-state index is -0.113. The molecule has 1 aromatic carbocycles. The van der Waals surface area contributed by atoms with E-state index in [1.807, 2.05) is 42.0 Å². The number of anilines is 1. The van der Waals surface area contributed by atoms with E-state index in [9.17, 15) is 4.79 Å². The van der Waals surface area contributed by atoms with E-state index in [0.717, 1.165) is 52.6 Å². The second-order valence-corrected chi connectivity index (χ2v) is 8.23. The predicted octanol–water partition coefficient (Wildman–Crippen LogP) is 4.04. The lowest BCUT2D eigenvalue weighted by atomic mass is 9.96. The molecule has 4 aromatic rings. The largest absolute Gasteiger partial charge is 0.364 e. The average Bonchev–Trinajstić information content (AvgIpc) is 3.41. The van der Waals surface area contributed by atoms with E-state index >= 15 is 0 Å². The summed E-state index contributed by atoms with van der Waals surface area (Å²) in [7, 11) is 0. The molecule has 3 heterocycles. The topological polar surface area (TPSA) is 75.6 Å². The molecule has 1 aliphatic rings. The molecule has 28 heavy (non-hydrogen) atoms. The van der Waals surface area contributed by atoms with E-state index in [4.69, 9.17) is 0 Å². The van der Waals surface area contributed by atoms with Gasteiger partial charge in [-0.25, -0.2) is 9.97 Å². The quantitative estimate of drug-likeness (QED) is 0.553. The van der Waals surface area contributed by atoms with Crippen molar-refractivity contribution in [2.45, 2.75) is 26.3 Å². The molecule has 140 valence electrons. The van der Waals surface area contributed by atoms with Crippen LogP contribution < -0.4 is 5.32 Å². The molecule has 0 bridgehead atoms. The normalized spacial score (nSPS) is 12.5. The number of hydrogen-bond donors (Lipinski definition) is 2. The fourth-order valence-electron chi connectivity index (χ4n) is 3.67. The lowest BCUT2D eigenvalue weighted by Gasteiger charge is -2.13. The number of aromatic amines is 1. The summed E-state index contributed by atoms with van der Waals surface area (Å²) in [5.41, 5.74) is 5.60. The number of carbonyl (C=O) groups is 1. The third-order valence-electron chi connectivity index (χ3n) is 4.99. The van der Waals surface area contributed by atoms with Gasteiger partial charge in [0.25, 0.3) is 5.91 Å². The Morgan fingerprint density at radius 2 is 2.14 bits per heavy atom. The SMILES string of the molecule is Cc1nc2c(s1)CCc1[nH]cc(C(=O)Nc3ccc(Cn4ccnc4)cc3)c1-2. The Morgan fingerprint density at radius 1 is 1.29 bits per heavy atom. The van der Waals surface area contributed by atoms with Gasteiger partial charge in [-0.3, -0.25) is 4.79 Å². The van der Waals surface area contributed by atoms with Gasteiger partial charge in [0.05, 0.1) is 22.6 Å². The Labute approximate surface area is 166 Å². The molecule has 0 spiro atoms. The number of carbonyl (C=O) groups excluding carboxylic acids is 1. The monoisotopic (exact) mass is 389 g/mol. The maximum absolute atomic E-state index is 12.9. The van der Waals surface area contributed by atoms with E-state index in [2.05, 4.69) is 20.3 Å². The van der Waals surface area contributed by atoms with E-state index in [1.54, 1.807) is 30.1 Å². The van der Waals surface area contributed by atoms with Crippen LogP contribution in [0.2, 0.25) is 0 Å². The summed E-state index contributed by atoms with van der Waals surface area (Å²) < 4.78 is 2.01. The number of hydrogen-bond acceptors (Lipinski definition) is 4. The molecule has 7 heteroatoms. The van der Waals surface area contributed by atoms with Crippen molar-refractivity contribution in [3.05, 3.63) is 75.9 Å². The van der Waals surface area contributed by atoms with Crippen LogP contribution in [0.25, 0.3) is 11.3 Å². The number of nitrogens with one attached hydrogen (secondary N) is 2. The van der Waals surface area contributed by atoms with Gasteiger partial charge in [0, 0.05) is 47.0 Å². The maximum Gasteiger partial charge on any atom is 0.257 e. The van der Waals surface area contributed by atoms with Gasteiger partial charge >= 0.3 is 0 Å². The molecule has 2 N–H and O–H groups in total. The molecule has 1 aliphatic carbocycles. The number of H-pyrrole nitrogens is 1. The van der Waals surface area contributed by atoms with Gasteiger partial charge in [-0.2, -0.15) is 0 Å². The van der Waals surface area contributed by atoms with E-state index in [-0.39, 0.29) is 5.91 Å². The summed E-state index contributed by atoms with van der Waals surface area (Å²) in [6.07, 6.45) is 9.19. The second-order valence-electron chi connectivity index (χ2n) is 6.95. The summed E-state index contributed by atoms with van der Waals surface area (Å²) in [5, 5.41) is 4.06. The third kappa shape index (κ3) is 3.03. The van der Waals surface area contributed by atoms with Gasteiger partial charge in [0.1, 0.15) is 0 Å². The molecule has 0 saturated carbocycles. The first-order valence-corrected chi connectivity index (χ1v) is 10.0. The summed E-state index contributed by atoms with van der Waals surface area (Å²) in [5.74, 6) is -0.113. The molecule has 0 unspecified atom stereocenters. The highest BCUT2D eigenvalue weighted by Gasteiger charge is 2.27. The number of thiazole rings is 1. The van der Waals surface area contributed by atoms with Crippen molar-refractivity contribution in [3.8, 4) is 11.3 Å². The zero-order valence-corrected chi connectivity index (χ0v) is 16.2. The average molecular weight is 389 g/mol. The van der Waals surface area contributed by atoms with Crippen molar-refractivity contribution < 1.29 is 4.79 Å². The molecular weight excluding hydrogens is 370 g/mol. The van der Waals surface area contributed by atoms with Crippen molar-refractivity contribution >= 4 is 22.9 Å². The zero-order valence-electron chi connectivity index (χ0n) is 15.4. The number of aromatic nitrogens is 4. The van der Waals surface area contributed by atoms with Crippen LogP contribution in [-0.4, -0.2) is 25.4 Å². The van der Waals surface area contributed by atoms with Crippen LogP contribution in [0.3, 0.4) is 0 Å². The first-order valence-electron chi connectivity index (χ1n) is 9.20. The van der Waals surface area contributed by atoms with Crippen LogP contribution in [0.15, 0.2) is 49.2 Å². The van der Waals surface area contributed by atoms with Gasteiger partial charge in [-0.1, -0.05) is 12.1 Å². The number of fused-ring (bicyclic) bond motifs is 3. The van der Waals surface area contributed by atoms with Gasteiger partial charge in [-0.15, -0.1) is 11.3 Å². The summed E-state index contributed by atoms with van der Waals surface area (Å²) in [6.45, 7) is 2.77. The first kappa shape index (κ1) is 16.9. The van der Waals surface area contributed by atoms with Gasteiger partial charge in [-0.05, 0) is 37.5 Å².